The molecule has 0 N–H and O–H groups in total. The highest BCUT2D eigenvalue weighted by molar-refractivity contribution is 7.92. The van der Waals surface area contributed by atoms with E-state index in [0.717, 1.165) is 23.1 Å². The van der Waals surface area contributed by atoms with Gasteiger partial charge in [-0.25, -0.2) is 8.42 Å². The third kappa shape index (κ3) is 5.93. The van der Waals surface area contributed by atoms with Crippen LogP contribution in [0.25, 0.3) is 0 Å². The number of benzene rings is 1. The highest BCUT2D eigenvalue weighted by Crippen LogP contribution is 2.29. The van der Waals surface area contributed by atoms with Crippen LogP contribution in [0.1, 0.15) is 51.7 Å². The van der Waals surface area contributed by atoms with Crippen molar-refractivity contribution in [3.05, 3.63) is 35.4 Å². The lowest BCUT2D eigenvalue weighted by atomic mass is 9.90. The maximum Gasteiger partial charge on any atom is 0.327 e. The predicted molar refractivity (Wildman–Crippen MR) is 110 cm³/mol. The molecule has 0 amide bonds. The molecule has 1 aromatic carbocycles. The number of esters is 1. The second-order valence-electron chi connectivity index (χ2n) is 6.86. The van der Waals surface area contributed by atoms with Gasteiger partial charge in [-0.1, -0.05) is 25.0 Å². The highest BCUT2D eigenvalue weighted by atomic mass is 32.2. The summed E-state index contributed by atoms with van der Waals surface area (Å²) in [6.07, 6.45) is 1.81. The minimum atomic E-state index is -3.63. The molecule has 0 bridgehead atoms. The second kappa shape index (κ2) is 9.70. The summed E-state index contributed by atoms with van der Waals surface area (Å²) in [7, 11) is -1.92. The van der Waals surface area contributed by atoms with Gasteiger partial charge in [0.2, 0.25) is 0 Å². The summed E-state index contributed by atoms with van der Waals surface area (Å²) in [5, 5.41) is 0. The summed E-state index contributed by atoms with van der Waals surface area (Å²) >= 11 is 0. The van der Waals surface area contributed by atoms with Gasteiger partial charge in [0.05, 0.1) is 6.61 Å². The molecule has 1 rings (SSSR count). The van der Waals surface area contributed by atoms with E-state index >= 15 is 0 Å². The van der Waals surface area contributed by atoms with Crippen molar-refractivity contribution in [3.63, 3.8) is 0 Å². The van der Waals surface area contributed by atoms with Gasteiger partial charge in [-0.3, -0.25) is 9.79 Å². The Bertz CT molecular complexity index is 844. The van der Waals surface area contributed by atoms with Gasteiger partial charge in [-0.15, -0.1) is 5.92 Å². The quantitative estimate of drug-likeness (QED) is 0.387. The van der Waals surface area contributed by atoms with Gasteiger partial charge in [0.25, 0.3) is 0 Å². The molecule has 0 fully saturated rings. The second-order valence-corrected chi connectivity index (χ2v) is 9.30. The third-order valence-electron chi connectivity index (χ3n) is 4.56. The maximum absolute atomic E-state index is 12.3. The summed E-state index contributed by atoms with van der Waals surface area (Å²) in [5.41, 5.74) is 2.75. The number of sulfone groups is 1. The van der Waals surface area contributed by atoms with Crippen LogP contribution in [0, 0.1) is 17.8 Å². The Morgan fingerprint density at radius 2 is 1.89 bits per heavy atom. The molecule has 0 aliphatic rings. The minimum absolute atomic E-state index is 0.0806. The molecule has 2 unspecified atom stereocenters. The van der Waals surface area contributed by atoms with Crippen molar-refractivity contribution in [1.82, 2.24) is 0 Å². The number of aliphatic imine (C=N–C) groups is 1. The fourth-order valence-electron chi connectivity index (χ4n) is 2.97. The Kier molecular flexibility index (Phi) is 8.23. The first-order valence-electron chi connectivity index (χ1n) is 8.94. The molecular formula is C21H29NO4S. The molecule has 0 aliphatic carbocycles. The van der Waals surface area contributed by atoms with Crippen LogP contribution in [0.15, 0.2) is 29.3 Å². The zero-order chi connectivity index (χ0) is 20.7. The van der Waals surface area contributed by atoms with Crippen LogP contribution in [0.2, 0.25) is 0 Å². The smallest absolute Gasteiger partial charge is 0.327 e. The molecular weight excluding hydrogens is 362 g/mol. The fraction of sp³-hybridized carbons (Fsp3) is 0.524. The first-order valence-corrected chi connectivity index (χ1v) is 10.8. The van der Waals surface area contributed by atoms with Gasteiger partial charge in [-0.2, -0.15) is 0 Å². The van der Waals surface area contributed by atoms with E-state index < -0.39 is 20.6 Å². The lowest BCUT2D eigenvalue weighted by Gasteiger charge is -2.28. The number of rotatable bonds is 8. The molecule has 0 radical (unpaired) electrons. The monoisotopic (exact) mass is 391 g/mol. The first-order chi connectivity index (χ1) is 12.6. The van der Waals surface area contributed by atoms with E-state index in [2.05, 4.69) is 16.8 Å². The number of ether oxygens (including phenoxy) is 1. The molecule has 0 spiro atoms. The van der Waals surface area contributed by atoms with Crippen LogP contribution in [0.3, 0.4) is 0 Å². The molecule has 0 aromatic heterocycles. The Labute approximate surface area is 163 Å². The molecule has 0 saturated heterocycles. The molecule has 148 valence electrons. The van der Waals surface area contributed by atoms with Crippen molar-refractivity contribution >= 4 is 21.5 Å². The van der Waals surface area contributed by atoms with Gasteiger partial charge in [0, 0.05) is 24.6 Å². The van der Waals surface area contributed by atoms with E-state index in [0.29, 0.717) is 6.42 Å². The first kappa shape index (κ1) is 22.9. The van der Waals surface area contributed by atoms with E-state index in [1.54, 1.807) is 20.9 Å². The van der Waals surface area contributed by atoms with Gasteiger partial charge in [0.15, 0.2) is 14.6 Å². The minimum Gasteiger partial charge on any atom is -0.465 e. The summed E-state index contributed by atoms with van der Waals surface area (Å²) < 4.78 is 28.0. The van der Waals surface area contributed by atoms with Crippen molar-refractivity contribution in [3.8, 4) is 11.8 Å². The van der Waals surface area contributed by atoms with E-state index in [1.807, 2.05) is 31.2 Å². The largest absolute Gasteiger partial charge is 0.465 e. The molecule has 6 heteroatoms. The Hall–Kier alpha value is -2.13. The SMILES string of the molecule is CC#Cc1ccc(C(CC(C)CC(C)(C(=O)OCC)S(C)(=O)=O)=NC)cc1. The average Bonchev–Trinajstić information content (AvgIpc) is 2.60. The van der Waals surface area contributed by atoms with E-state index in [-0.39, 0.29) is 18.9 Å². The standard InChI is InChI=1S/C21H29NO4S/c1-7-9-17-10-12-18(13-11-17)19(22-5)14-16(3)15-21(4,27(6,24)25)20(23)26-8-2/h10-13,16H,8,14-15H2,1-6H3. The highest BCUT2D eigenvalue weighted by Gasteiger charge is 2.45. The normalized spacial score (nSPS) is 15.3. The number of carbonyl (C=O) groups is 1. The van der Waals surface area contributed by atoms with Crippen molar-refractivity contribution in [2.24, 2.45) is 10.9 Å². The molecule has 5 nitrogen and oxygen atoms in total. The van der Waals surface area contributed by atoms with Crippen LogP contribution < -0.4 is 0 Å². The molecule has 1 aromatic rings. The van der Waals surface area contributed by atoms with Gasteiger partial charge >= 0.3 is 5.97 Å². The third-order valence-corrected chi connectivity index (χ3v) is 6.53. The number of nitrogens with zero attached hydrogens (tertiary/aromatic N) is 1. The van der Waals surface area contributed by atoms with Gasteiger partial charge < -0.3 is 4.74 Å². The summed E-state index contributed by atoms with van der Waals surface area (Å²) in [6.45, 7) is 6.96. The van der Waals surface area contributed by atoms with Gasteiger partial charge in [0.1, 0.15) is 0 Å². The van der Waals surface area contributed by atoms with Crippen LogP contribution >= 0.6 is 0 Å². The summed E-state index contributed by atoms with van der Waals surface area (Å²) in [5.74, 6) is 5.08. The van der Waals surface area contributed by atoms with E-state index in [4.69, 9.17) is 4.74 Å². The molecule has 27 heavy (non-hydrogen) atoms. The van der Waals surface area contributed by atoms with Gasteiger partial charge in [-0.05, 0) is 57.2 Å². The fourth-order valence-corrected chi connectivity index (χ4v) is 3.91. The lowest BCUT2D eigenvalue weighted by Crippen LogP contribution is -2.45. The molecule has 2 atom stereocenters. The summed E-state index contributed by atoms with van der Waals surface area (Å²) in [6, 6.07) is 7.77. The Balaban J connectivity index is 3.01. The Morgan fingerprint density at radius 1 is 1.30 bits per heavy atom. The molecule has 0 heterocycles. The predicted octanol–water partition coefficient (Wildman–Crippen LogP) is 3.26. The lowest BCUT2D eigenvalue weighted by molar-refractivity contribution is -0.146. The van der Waals surface area contributed by atoms with Crippen LogP contribution in [0.5, 0.6) is 0 Å². The van der Waals surface area contributed by atoms with E-state index in [9.17, 15) is 13.2 Å². The van der Waals surface area contributed by atoms with Crippen LogP contribution in [-0.4, -0.2) is 44.8 Å². The molecule has 0 aliphatic heterocycles. The average molecular weight is 392 g/mol. The maximum atomic E-state index is 12.3. The van der Waals surface area contributed by atoms with Crippen molar-refractivity contribution in [1.29, 1.82) is 0 Å². The van der Waals surface area contributed by atoms with E-state index in [1.165, 1.54) is 6.92 Å². The number of hydrogen-bond acceptors (Lipinski definition) is 5. The molecule has 0 saturated carbocycles. The van der Waals surface area contributed by atoms with Crippen molar-refractivity contribution < 1.29 is 17.9 Å². The van der Waals surface area contributed by atoms with Crippen molar-refractivity contribution in [2.45, 2.75) is 45.3 Å². The number of hydrogen-bond donors (Lipinski definition) is 0. The number of carbonyl (C=O) groups excluding carboxylic acids is 1. The zero-order valence-corrected chi connectivity index (χ0v) is 17.8. The van der Waals surface area contributed by atoms with Crippen LogP contribution in [0.4, 0.5) is 0 Å². The Morgan fingerprint density at radius 3 is 2.33 bits per heavy atom. The van der Waals surface area contributed by atoms with Crippen LogP contribution in [-0.2, 0) is 19.4 Å². The topological polar surface area (TPSA) is 72.8 Å². The zero-order valence-electron chi connectivity index (χ0n) is 17.0. The van der Waals surface area contributed by atoms with Crippen molar-refractivity contribution in [2.75, 3.05) is 19.9 Å². The summed E-state index contributed by atoms with van der Waals surface area (Å²) in [4.78, 5) is 16.7.